The van der Waals surface area contributed by atoms with Crippen molar-refractivity contribution >= 4 is 11.9 Å². The van der Waals surface area contributed by atoms with Gasteiger partial charge in [0.05, 0.1) is 25.4 Å². The standard InChI is InChI=1S/C73H129NO10/c1-4-7-10-13-16-19-22-25-27-29-31-32-33-34-35-36-37-39-41-43-46-49-52-55-58-61-68(78)84-71-70(80)69(79)67(62-75)83-73(71)82-63-64(65(76)59-56-53-50-47-44-24-21-18-15-12-9-6-3)74-72(81)66(77)60-57-54-51-48-45-42-40-38-30-28-26-23-20-17-14-11-8-5-2/h8,11,17,20,26,28,38,40,45,48,54,56-57,59,64-67,69-71,73,75-77,79-80H,4-7,9-10,12-16,18-19,21-25,27,29-37,39,41-44,46-47,49-53,55,58,60-63H2,1-3H3,(H,74,81)/b11-8-,20-17-,28-26-,40-38-,48-45-,57-54-,59-56+. The zero-order valence-corrected chi connectivity index (χ0v) is 54.0. The Bertz CT molecular complexity index is 1690. The lowest BCUT2D eigenvalue weighted by atomic mass is 9.99. The second-order valence-corrected chi connectivity index (χ2v) is 23.9. The van der Waals surface area contributed by atoms with E-state index >= 15 is 0 Å². The Morgan fingerprint density at radius 2 is 0.845 bits per heavy atom. The highest BCUT2D eigenvalue weighted by Gasteiger charge is 2.47. The molecule has 8 unspecified atom stereocenters. The summed E-state index contributed by atoms with van der Waals surface area (Å²) in [5, 5.41) is 57.0. The van der Waals surface area contributed by atoms with Gasteiger partial charge in [-0.25, -0.2) is 0 Å². The van der Waals surface area contributed by atoms with Crippen molar-refractivity contribution in [3.05, 3.63) is 85.1 Å². The van der Waals surface area contributed by atoms with E-state index in [9.17, 15) is 35.1 Å². The third-order valence-electron chi connectivity index (χ3n) is 16.1. The number of carbonyl (C=O) groups is 2. The molecule has 11 nitrogen and oxygen atoms in total. The van der Waals surface area contributed by atoms with Gasteiger partial charge >= 0.3 is 5.97 Å². The molecule has 0 aromatic heterocycles. The van der Waals surface area contributed by atoms with E-state index in [4.69, 9.17) is 14.2 Å². The van der Waals surface area contributed by atoms with Gasteiger partial charge < -0.3 is 45.1 Å². The number of aliphatic hydroxyl groups is 5. The van der Waals surface area contributed by atoms with Crippen LogP contribution >= 0.6 is 0 Å². The normalized spacial score (nSPS) is 19.0. The molecule has 0 bridgehead atoms. The molecule has 1 fully saturated rings. The SMILES string of the molecule is CC/C=C\C/C=C\C/C=C\C/C=C\C/C=C\C/C=C\CC(O)C(=O)NC(COC1OC(CO)C(O)C(O)C1OC(=O)CCCCCCCCCCCCCCCCCCCCCCCCCCC)C(O)/C=C/CCCCCCCCCCCC. The van der Waals surface area contributed by atoms with E-state index in [0.29, 0.717) is 12.8 Å². The van der Waals surface area contributed by atoms with Crippen LogP contribution in [0.5, 0.6) is 0 Å². The van der Waals surface area contributed by atoms with Crippen LogP contribution < -0.4 is 5.32 Å². The summed E-state index contributed by atoms with van der Waals surface area (Å²) < 4.78 is 17.6. The lowest BCUT2D eigenvalue weighted by Crippen LogP contribution is -2.61. The minimum Gasteiger partial charge on any atom is -0.454 e. The molecule has 1 aliphatic rings. The fourth-order valence-corrected chi connectivity index (χ4v) is 10.6. The van der Waals surface area contributed by atoms with Crippen LogP contribution in [0.2, 0.25) is 0 Å². The molecule has 0 radical (unpaired) electrons. The molecule has 1 aliphatic heterocycles. The van der Waals surface area contributed by atoms with E-state index < -0.39 is 67.4 Å². The van der Waals surface area contributed by atoms with Crippen LogP contribution in [0.15, 0.2) is 85.1 Å². The van der Waals surface area contributed by atoms with E-state index in [0.717, 1.165) is 77.0 Å². The highest BCUT2D eigenvalue weighted by atomic mass is 16.7. The molecule has 0 aromatic rings. The van der Waals surface area contributed by atoms with Gasteiger partial charge in [-0.15, -0.1) is 0 Å². The fraction of sp³-hybridized carbons (Fsp3) is 0.781. The zero-order valence-electron chi connectivity index (χ0n) is 54.0. The Kier molecular flexibility index (Phi) is 56.5. The van der Waals surface area contributed by atoms with Crippen LogP contribution in [0, 0.1) is 0 Å². The molecule has 1 saturated heterocycles. The molecule has 6 N–H and O–H groups in total. The number of rotatable bonds is 59. The van der Waals surface area contributed by atoms with Gasteiger partial charge in [0.2, 0.25) is 5.91 Å². The largest absolute Gasteiger partial charge is 0.454 e. The summed E-state index contributed by atoms with van der Waals surface area (Å²) >= 11 is 0. The van der Waals surface area contributed by atoms with Gasteiger partial charge in [-0.2, -0.15) is 0 Å². The third kappa shape index (κ3) is 47.0. The average Bonchev–Trinajstić information content (AvgIpc) is 3.67. The number of unbranched alkanes of at least 4 members (excludes halogenated alkanes) is 34. The maximum atomic E-state index is 13.4. The second kappa shape index (κ2) is 60.1. The van der Waals surface area contributed by atoms with Gasteiger partial charge in [0.1, 0.15) is 24.4 Å². The number of aliphatic hydroxyl groups excluding tert-OH is 5. The van der Waals surface area contributed by atoms with Crippen molar-refractivity contribution < 1.29 is 49.3 Å². The van der Waals surface area contributed by atoms with Gasteiger partial charge in [-0.05, 0) is 57.8 Å². The molecule has 0 aromatic carbocycles. The van der Waals surface area contributed by atoms with Crippen LogP contribution in [0.1, 0.15) is 303 Å². The Morgan fingerprint density at radius 3 is 1.24 bits per heavy atom. The van der Waals surface area contributed by atoms with Gasteiger partial charge in [-0.3, -0.25) is 9.59 Å². The van der Waals surface area contributed by atoms with Crippen LogP contribution in [0.3, 0.4) is 0 Å². The quantitative estimate of drug-likeness (QED) is 0.0195. The summed E-state index contributed by atoms with van der Waals surface area (Å²) in [6.07, 6.45) is 69.4. The first-order chi connectivity index (χ1) is 41.2. The molecular weight excluding hydrogens is 1050 g/mol. The molecule has 84 heavy (non-hydrogen) atoms. The van der Waals surface area contributed by atoms with Gasteiger partial charge in [-0.1, -0.05) is 318 Å². The summed E-state index contributed by atoms with van der Waals surface area (Å²) in [6, 6.07) is -1.07. The first kappa shape index (κ1) is 78.9. The monoisotopic (exact) mass is 1180 g/mol. The highest BCUT2D eigenvalue weighted by Crippen LogP contribution is 2.26. The predicted molar refractivity (Wildman–Crippen MR) is 352 cm³/mol. The van der Waals surface area contributed by atoms with Crippen molar-refractivity contribution in [1.29, 1.82) is 0 Å². The Morgan fingerprint density at radius 1 is 0.476 bits per heavy atom. The number of carbonyl (C=O) groups excluding carboxylic acids is 2. The molecule has 0 aliphatic carbocycles. The van der Waals surface area contributed by atoms with E-state index in [-0.39, 0.29) is 19.4 Å². The summed E-state index contributed by atoms with van der Waals surface area (Å²) in [7, 11) is 0. The van der Waals surface area contributed by atoms with Crippen LogP contribution in [0.4, 0.5) is 0 Å². The van der Waals surface area contributed by atoms with Crippen molar-refractivity contribution in [2.24, 2.45) is 0 Å². The predicted octanol–water partition coefficient (Wildman–Crippen LogP) is 17.7. The first-order valence-electron chi connectivity index (χ1n) is 34.9. The van der Waals surface area contributed by atoms with Crippen LogP contribution in [0.25, 0.3) is 0 Å². The topological polar surface area (TPSA) is 175 Å². The molecule has 0 spiro atoms. The molecule has 0 saturated carbocycles. The summed E-state index contributed by atoms with van der Waals surface area (Å²) in [6.45, 7) is 5.66. The molecule has 1 rings (SSSR count). The lowest BCUT2D eigenvalue weighted by molar-refractivity contribution is -0.305. The van der Waals surface area contributed by atoms with Crippen molar-refractivity contribution in [2.75, 3.05) is 13.2 Å². The van der Waals surface area contributed by atoms with Crippen LogP contribution in [-0.4, -0.2) is 99.6 Å². The molecule has 486 valence electrons. The summed E-state index contributed by atoms with van der Waals surface area (Å²) in [4.78, 5) is 26.6. The Balaban J connectivity index is 2.61. The molecular formula is C73H129NO10. The lowest BCUT2D eigenvalue weighted by Gasteiger charge is -2.41. The van der Waals surface area contributed by atoms with E-state index in [2.05, 4.69) is 80.8 Å². The minimum atomic E-state index is -1.63. The highest BCUT2D eigenvalue weighted by molar-refractivity contribution is 5.81. The number of hydrogen-bond donors (Lipinski definition) is 6. The third-order valence-corrected chi connectivity index (χ3v) is 16.1. The van der Waals surface area contributed by atoms with Crippen LogP contribution in [-0.2, 0) is 23.8 Å². The fourth-order valence-electron chi connectivity index (χ4n) is 10.6. The van der Waals surface area contributed by atoms with Gasteiger partial charge in [0.15, 0.2) is 12.4 Å². The Labute approximate surface area is 514 Å². The summed E-state index contributed by atoms with van der Waals surface area (Å²) in [5.74, 6) is -1.28. The molecule has 8 atom stereocenters. The minimum absolute atomic E-state index is 0.0560. The number of amides is 1. The van der Waals surface area contributed by atoms with Crippen molar-refractivity contribution in [3.63, 3.8) is 0 Å². The second-order valence-electron chi connectivity index (χ2n) is 23.9. The maximum absolute atomic E-state index is 13.4. The molecule has 1 heterocycles. The number of esters is 1. The van der Waals surface area contributed by atoms with E-state index in [1.54, 1.807) is 12.2 Å². The number of allylic oxidation sites excluding steroid dienone is 12. The summed E-state index contributed by atoms with van der Waals surface area (Å²) in [5.41, 5.74) is 0. The van der Waals surface area contributed by atoms with Crippen molar-refractivity contribution in [1.82, 2.24) is 5.32 Å². The van der Waals surface area contributed by atoms with Crippen molar-refractivity contribution in [2.45, 2.75) is 352 Å². The van der Waals surface area contributed by atoms with Gasteiger partial charge in [0.25, 0.3) is 0 Å². The van der Waals surface area contributed by atoms with Crippen molar-refractivity contribution in [3.8, 4) is 0 Å². The number of hydrogen-bond acceptors (Lipinski definition) is 10. The maximum Gasteiger partial charge on any atom is 0.306 e. The van der Waals surface area contributed by atoms with E-state index in [1.807, 2.05) is 18.2 Å². The average molecular weight is 1180 g/mol. The first-order valence-corrected chi connectivity index (χ1v) is 34.9. The van der Waals surface area contributed by atoms with E-state index in [1.165, 1.54) is 180 Å². The molecule has 1 amide bonds. The smallest absolute Gasteiger partial charge is 0.306 e. The zero-order chi connectivity index (χ0) is 61.0. The Hall–Kier alpha value is -3.16. The number of nitrogens with one attached hydrogen (secondary N) is 1. The number of ether oxygens (including phenoxy) is 3. The van der Waals surface area contributed by atoms with Gasteiger partial charge in [0, 0.05) is 12.8 Å². The molecule has 11 heteroatoms.